The summed E-state index contributed by atoms with van der Waals surface area (Å²) in [5.41, 5.74) is 5.57. The lowest BCUT2D eigenvalue weighted by Gasteiger charge is -2.16. The van der Waals surface area contributed by atoms with Crippen molar-refractivity contribution in [2.75, 3.05) is 5.73 Å². The Morgan fingerprint density at radius 2 is 2.19 bits per heavy atom. The molecule has 16 heavy (non-hydrogen) atoms. The van der Waals surface area contributed by atoms with Crippen LogP contribution in [0.3, 0.4) is 0 Å². The maximum atomic E-state index is 9.77. The molecule has 7 heteroatoms. The molecule has 0 fully saturated rings. The van der Waals surface area contributed by atoms with Crippen LogP contribution in [0.1, 0.15) is 13.8 Å². The lowest BCUT2D eigenvalue weighted by atomic mass is 10.1. The van der Waals surface area contributed by atoms with Crippen molar-refractivity contribution in [1.29, 1.82) is 0 Å². The fourth-order valence-corrected chi connectivity index (χ4v) is 2.24. The summed E-state index contributed by atoms with van der Waals surface area (Å²) in [5, 5.41) is 14.8. The molecular weight excluding hydrogens is 321 g/mol. The van der Waals surface area contributed by atoms with Crippen LogP contribution in [0.4, 0.5) is 5.82 Å². The molecule has 2 aromatic rings. The number of aromatic nitrogens is 4. The quantitative estimate of drug-likeness (QED) is 0.793. The van der Waals surface area contributed by atoms with E-state index in [0.717, 1.165) is 9.09 Å². The summed E-state index contributed by atoms with van der Waals surface area (Å²) in [6.45, 7) is 3.80. The molecule has 0 saturated carbocycles. The minimum Gasteiger partial charge on any atom is -0.389 e. The average molecular weight is 333 g/mol. The van der Waals surface area contributed by atoms with Crippen LogP contribution < -0.4 is 5.73 Å². The van der Waals surface area contributed by atoms with Gasteiger partial charge in [0.15, 0.2) is 5.65 Å². The van der Waals surface area contributed by atoms with Crippen molar-refractivity contribution in [3.8, 4) is 0 Å². The van der Waals surface area contributed by atoms with Gasteiger partial charge in [-0.1, -0.05) is 0 Å². The lowest BCUT2D eigenvalue weighted by molar-refractivity contribution is 0.0588. The summed E-state index contributed by atoms with van der Waals surface area (Å²) in [4.78, 5) is 8.06. The largest absolute Gasteiger partial charge is 0.389 e. The van der Waals surface area contributed by atoms with E-state index in [1.54, 1.807) is 18.5 Å². The van der Waals surface area contributed by atoms with E-state index in [9.17, 15) is 5.11 Å². The Morgan fingerprint density at radius 1 is 1.50 bits per heavy atom. The molecule has 86 valence electrons. The van der Waals surface area contributed by atoms with Crippen LogP contribution in [0, 0.1) is 3.70 Å². The van der Waals surface area contributed by atoms with E-state index < -0.39 is 5.60 Å². The third kappa shape index (κ3) is 2.09. The molecule has 0 aliphatic rings. The SMILES string of the molecule is CC(C)(O)Cn1nc(I)c2c(N)ncnc21. The van der Waals surface area contributed by atoms with Gasteiger partial charge in [-0.25, -0.2) is 14.6 Å². The average Bonchev–Trinajstić information content (AvgIpc) is 2.42. The number of rotatable bonds is 2. The van der Waals surface area contributed by atoms with Gasteiger partial charge >= 0.3 is 0 Å². The van der Waals surface area contributed by atoms with E-state index in [2.05, 4.69) is 37.7 Å². The smallest absolute Gasteiger partial charge is 0.164 e. The predicted molar refractivity (Wildman–Crippen MR) is 68.8 cm³/mol. The summed E-state index contributed by atoms with van der Waals surface area (Å²) >= 11 is 2.08. The van der Waals surface area contributed by atoms with Gasteiger partial charge < -0.3 is 10.8 Å². The molecule has 0 radical (unpaired) electrons. The maximum absolute atomic E-state index is 9.77. The molecular formula is C9H12IN5O. The second-order valence-electron chi connectivity index (χ2n) is 4.22. The number of nitrogen functional groups attached to an aromatic ring is 1. The summed E-state index contributed by atoms with van der Waals surface area (Å²) < 4.78 is 2.39. The second kappa shape index (κ2) is 3.81. The summed E-state index contributed by atoms with van der Waals surface area (Å²) in [6, 6.07) is 0. The molecule has 6 nitrogen and oxygen atoms in total. The first-order chi connectivity index (χ1) is 7.38. The van der Waals surface area contributed by atoms with E-state index in [4.69, 9.17) is 5.73 Å². The summed E-state index contributed by atoms with van der Waals surface area (Å²) in [7, 11) is 0. The van der Waals surface area contributed by atoms with Crippen molar-refractivity contribution in [2.45, 2.75) is 26.0 Å². The molecule has 3 N–H and O–H groups in total. The van der Waals surface area contributed by atoms with Crippen molar-refractivity contribution in [3.63, 3.8) is 0 Å². The monoisotopic (exact) mass is 333 g/mol. The first-order valence-electron chi connectivity index (χ1n) is 4.73. The molecule has 0 aromatic carbocycles. The van der Waals surface area contributed by atoms with E-state index in [-0.39, 0.29) is 0 Å². The molecule has 0 saturated heterocycles. The molecule has 0 aliphatic carbocycles. The zero-order chi connectivity index (χ0) is 11.9. The van der Waals surface area contributed by atoms with E-state index >= 15 is 0 Å². The highest BCUT2D eigenvalue weighted by molar-refractivity contribution is 14.1. The van der Waals surface area contributed by atoms with Gasteiger partial charge in [-0.3, -0.25) is 0 Å². The topological polar surface area (TPSA) is 89.8 Å². The maximum Gasteiger partial charge on any atom is 0.164 e. The number of hydrogen-bond donors (Lipinski definition) is 2. The van der Waals surface area contributed by atoms with Crippen molar-refractivity contribution in [3.05, 3.63) is 10.0 Å². The first kappa shape index (κ1) is 11.5. The van der Waals surface area contributed by atoms with Crippen molar-refractivity contribution in [1.82, 2.24) is 19.7 Å². The van der Waals surface area contributed by atoms with Crippen LogP contribution in [0.2, 0.25) is 0 Å². The molecule has 0 spiro atoms. The normalized spacial score (nSPS) is 12.2. The first-order valence-corrected chi connectivity index (χ1v) is 5.81. The van der Waals surface area contributed by atoms with E-state index in [1.807, 2.05) is 0 Å². The predicted octanol–water partition coefficient (Wildman–Crippen LogP) is 0.784. The molecule has 0 amide bonds. The van der Waals surface area contributed by atoms with Gasteiger partial charge in [-0.15, -0.1) is 0 Å². The summed E-state index contributed by atoms with van der Waals surface area (Å²) in [5.74, 6) is 0.413. The van der Waals surface area contributed by atoms with Crippen LogP contribution in [0.25, 0.3) is 11.0 Å². The standard InChI is InChI=1S/C9H12IN5O/c1-9(2,16)3-15-8-5(6(10)14-15)7(11)12-4-13-8/h4,16H,3H2,1-2H3,(H2,11,12,13). The zero-order valence-electron chi connectivity index (χ0n) is 8.98. The number of nitrogens with two attached hydrogens (primary N) is 1. The van der Waals surface area contributed by atoms with Crippen LogP contribution in [0.15, 0.2) is 6.33 Å². The molecule has 0 unspecified atom stereocenters. The third-order valence-corrected chi connectivity index (χ3v) is 2.81. The van der Waals surface area contributed by atoms with Gasteiger partial charge in [-0.05, 0) is 36.4 Å². The van der Waals surface area contributed by atoms with E-state index in [1.165, 1.54) is 6.33 Å². The molecule has 2 aromatic heterocycles. The van der Waals surface area contributed by atoms with Crippen LogP contribution in [-0.4, -0.2) is 30.5 Å². The van der Waals surface area contributed by atoms with Crippen molar-refractivity contribution < 1.29 is 5.11 Å². The van der Waals surface area contributed by atoms with Crippen LogP contribution >= 0.6 is 22.6 Å². The molecule has 0 bridgehead atoms. The van der Waals surface area contributed by atoms with Gasteiger partial charge in [0.2, 0.25) is 0 Å². The Balaban J connectivity index is 2.60. The third-order valence-electron chi connectivity index (χ3n) is 2.05. The summed E-state index contributed by atoms with van der Waals surface area (Å²) in [6.07, 6.45) is 1.40. The van der Waals surface area contributed by atoms with Crippen LogP contribution in [0.5, 0.6) is 0 Å². The Kier molecular flexibility index (Phi) is 2.74. The van der Waals surface area contributed by atoms with Gasteiger partial charge in [0.05, 0.1) is 17.5 Å². The highest BCUT2D eigenvalue weighted by atomic mass is 127. The Labute approximate surface area is 106 Å². The number of halogens is 1. The van der Waals surface area contributed by atoms with Gasteiger partial charge in [0.1, 0.15) is 15.8 Å². The Hall–Kier alpha value is -0.960. The number of aliphatic hydroxyl groups is 1. The molecule has 2 heterocycles. The minimum atomic E-state index is -0.845. The second-order valence-corrected chi connectivity index (χ2v) is 5.24. The number of fused-ring (bicyclic) bond motifs is 1. The highest BCUT2D eigenvalue weighted by Gasteiger charge is 2.19. The number of hydrogen-bond acceptors (Lipinski definition) is 5. The van der Waals surface area contributed by atoms with Gasteiger partial charge in [0.25, 0.3) is 0 Å². The molecule has 0 atom stereocenters. The number of anilines is 1. The Morgan fingerprint density at radius 3 is 2.81 bits per heavy atom. The zero-order valence-corrected chi connectivity index (χ0v) is 11.1. The van der Waals surface area contributed by atoms with Crippen molar-refractivity contribution >= 4 is 39.4 Å². The fraction of sp³-hybridized carbons (Fsp3) is 0.444. The van der Waals surface area contributed by atoms with Gasteiger partial charge in [0, 0.05) is 0 Å². The van der Waals surface area contributed by atoms with Crippen LogP contribution in [-0.2, 0) is 6.54 Å². The number of nitrogens with zero attached hydrogens (tertiary/aromatic N) is 4. The molecule has 2 rings (SSSR count). The fourth-order valence-electron chi connectivity index (χ4n) is 1.46. The molecule has 0 aliphatic heterocycles. The van der Waals surface area contributed by atoms with Gasteiger partial charge in [-0.2, -0.15) is 5.10 Å². The Bertz CT molecular complexity index is 530. The minimum absolute atomic E-state index is 0.364. The van der Waals surface area contributed by atoms with Crippen molar-refractivity contribution in [2.24, 2.45) is 0 Å². The van der Waals surface area contributed by atoms with E-state index in [0.29, 0.717) is 18.0 Å². The lowest BCUT2D eigenvalue weighted by Crippen LogP contribution is -2.26. The highest BCUT2D eigenvalue weighted by Crippen LogP contribution is 2.23.